The molecular weight excluding hydrogens is 266 g/mol. The first-order valence-electron chi connectivity index (χ1n) is 7.06. The highest BCUT2D eigenvalue weighted by atomic mass is 15.4. The van der Waals surface area contributed by atoms with Crippen LogP contribution < -0.4 is 5.32 Å². The number of fused-ring (bicyclic) bond motifs is 1. The van der Waals surface area contributed by atoms with Gasteiger partial charge in [-0.1, -0.05) is 0 Å². The fraction of sp³-hybridized carbons (Fsp3) is 0.429. The van der Waals surface area contributed by atoms with Gasteiger partial charge in [0.1, 0.15) is 18.0 Å². The number of nitrogens with one attached hydrogen (secondary N) is 1. The van der Waals surface area contributed by atoms with Crippen LogP contribution in [-0.4, -0.2) is 29.4 Å². The van der Waals surface area contributed by atoms with Gasteiger partial charge in [-0.3, -0.25) is 0 Å². The quantitative estimate of drug-likeness (QED) is 0.795. The third-order valence-corrected chi connectivity index (χ3v) is 3.37. The van der Waals surface area contributed by atoms with Crippen LogP contribution in [0.2, 0.25) is 0 Å². The second-order valence-electron chi connectivity index (χ2n) is 5.14. The number of hydrogen-bond donors (Lipinski definition) is 1. The normalized spacial score (nSPS) is 12.8. The van der Waals surface area contributed by atoms with Crippen LogP contribution in [-0.2, 0) is 6.54 Å². The SMILES string of the molecule is CCn1ncnc1C(C)Nc1cc(C)nc2cc(C)nn12. The number of aromatic nitrogens is 6. The molecule has 0 aliphatic carbocycles. The third-order valence-electron chi connectivity index (χ3n) is 3.37. The zero-order chi connectivity index (χ0) is 15.0. The lowest BCUT2D eigenvalue weighted by Gasteiger charge is -2.16. The summed E-state index contributed by atoms with van der Waals surface area (Å²) in [7, 11) is 0. The van der Waals surface area contributed by atoms with E-state index >= 15 is 0 Å². The number of hydrogen-bond acceptors (Lipinski definition) is 5. The minimum atomic E-state index is 0.0296. The van der Waals surface area contributed by atoms with Gasteiger partial charge in [0, 0.05) is 24.4 Å². The fourth-order valence-corrected chi connectivity index (χ4v) is 2.46. The highest BCUT2D eigenvalue weighted by molar-refractivity contribution is 5.50. The molecule has 0 aliphatic rings. The van der Waals surface area contributed by atoms with Gasteiger partial charge in [-0.05, 0) is 27.7 Å². The van der Waals surface area contributed by atoms with Crippen molar-refractivity contribution in [2.75, 3.05) is 5.32 Å². The Kier molecular flexibility index (Phi) is 3.32. The van der Waals surface area contributed by atoms with E-state index in [-0.39, 0.29) is 6.04 Å². The summed E-state index contributed by atoms with van der Waals surface area (Å²) in [6.07, 6.45) is 1.59. The van der Waals surface area contributed by atoms with Crippen molar-refractivity contribution in [1.29, 1.82) is 0 Å². The Morgan fingerprint density at radius 2 is 2.05 bits per heavy atom. The molecule has 7 nitrogen and oxygen atoms in total. The molecule has 3 aromatic rings. The first kappa shape index (κ1) is 13.5. The maximum absolute atomic E-state index is 4.49. The summed E-state index contributed by atoms with van der Waals surface area (Å²) >= 11 is 0. The molecule has 0 aromatic carbocycles. The molecule has 0 radical (unpaired) electrons. The van der Waals surface area contributed by atoms with Crippen LogP contribution in [0, 0.1) is 13.8 Å². The molecule has 0 amide bonds. The van der Waals surface area contributed by atoms with Gasteiger partial charge in [0.2, 0.25) is 0 Å². The predicted octanol–water partition coefficient (Wildman–Crippen LogP) is 2.13. The lowest BCUT2D eigenvalue weighted by atomic mass is 10.3. The Hall–Kier alpha value is -2.44. The standard InChI is InChI=1S/C14H19N7/c1-5-20-14(15-8-16-20)11(4)18-13-6-9(2)17-12-7-10(3)19-21(12)13/h6-8,11,18H,5H2,1-4H3. The van der Waals surface area contributed by atoms with Crippen LogP contribution in [0.5, 0.6) is 0 Å². The van der Waals surface area contributed by atoms with E-state index in [0.29, 0.717) is 0 Å². The summed E-state index contributed by atoms with van der Waals surface area (Å²) in [4.78, 5) is 8.82. The van der Waals surface area contributed by atoms with E-state index in [1.165, 1.54) is 0 Å². The summed E-state index contributed by atoms with van der Waals surface area (Å²) < 4.78 is 3.71. The fourth-order valence-electron chi connectivity index (χ4n) is 2.46. The average Bonchev–Trinajstić information content (AvgIpc) is 3.03. The van der Waals surface area contributed by atoms with E-state index in [1.54, 1.807) is 6.33 Å². The highest BCUT2D eigenvalue weighted by Gasteiger charge is 2.15. The van der Waals surface area contributed by atoms with E-state index in [4.69, 9.17) is 0 Å². The van der Waals surface area contributed by atoms with Crippen molar-refractivity contribution in [3.63, 3.8) is 0 Å². The topological polar surface area (TPSA) is 72.9 Å². The van der Waals surface area contributed by atoms with Crippen LogP contribution in [0.1, 0.15) is 37.1 Å². The van der Waals surface area contributed by atoms with Crippen molar-refractivity contribution in [3.8, 4) is 0 Å². The molecule has 0 saturated carbocycles. The molecular formula is C14H19N7. The van der Waals surface area contributed by atoms with Crippen molar-refractivity contribution >= 4 is 11.5 Å². The molecule has 7 heteroatoms. The molecule has 3 heterocycles. The lowest BCUT2D eigenvalue weighted by Crippen LogP contribution is -2.16. The van der Waals surface area contributed by atoms with Crippen LogP contribution in [0.4, 0.5) is 5.82 Å². The molecule has 0 bridgehead atoms. The first-order chi connectivity index (χ1) is 10.1. The maximum atomic E-state index is 4.49. The molecule has 0 aliphatic heterocycles. The van der Waals surface area contributed by atoms with Gasteiger partial charge >= 0.3 is 0 Å². The largest absolute Gasteiger partial charge is 0.360 e. The van der Waals surface area contributed by atoms with Gasteiger partial charge in [0.25, 0.3) is 0 Å². The summed E-state index contributed by atoms with van der Waals surface area (Å²) in [6, 6.07) is 3.99. The summed E-state index contributed by atoms with van der Waals surface area (Å²) in [5, 5.41) is 12.1. The Balaban J connectivity index is 1.97. The van der Waals surface area contributed by atoms with Crippen LogP contribution >= 0.6 is 0 Å². The zero-order valence-corrected chi connectivity index (χ0v) is 12.7. The van der Waals surface area contributed by atoms with Crippen molar-refractivity contribution in [2.24, 2.45) is 0 Å². The number of rotatable bonds is 4. The van der Waals surface area contributed by atoms with E-state index in [1.807, 2.05) is 35.2 Å². The Morgan fingerprint density at radius 1 is 1.24 bits per heavy atom. The molecule has 0 saturated heterocycles. The Labute approximate surface area is 123 Å². The number of anilines is 1. The molecule has 1 unspecified atom stereocenters. The van der Waals surface area contributed by atoms with E-state index in [2.05, 4.69) is 39.3 Å². The number of nitrogens with zero attached hydrogens (tertiary/aromatic N) is 6. The van der Waals surface area contributed by atoms with Crippen molar-refractivity contribution in [1.82, 2.24) is 29.4 Å². The summed E-state index contributed by atoms with van der Waals surface area (Å²) in [5.41, 5.74) is 2.74. The molecule has 1 N–H and O–H groups in total. The van der Waals surface area contributed by atoms with Crippen LogP contribution in [0.25, 0.3) is 5.65 Å². The number of aryl methyl sites for hydroxylation is 3. The molecule has 0 fully saturated rings. The highest BCUT2D eigenvalue weighted by Crippen LogP contribution is 2.19. The van der Waals surface area contributed by atoms with Gasteiger partial charge < -0.3 is 5.32 Å². The summed E-state index contributed by atoms with van der Waals surface area (Å²) in [6.45, 7) is 8.86. The molecule has 3 aromatic heterocycles. The molecule has 21 heavy (non-hydrogen) atoms. The Morgan fingerprint density at radius 3 is 2.81 bits per heavy atom. The van der Waals surface area contributed by atoms with Gasteiger partial charge in [0.15, 0.2) is 5.65 Å². The van der Waals surface area contributed by atoms with Gasteiger partial charge in [-0.2, -0.15) is 14.7 Å². The van der Waals surface area contributed by atoms with Gasteiger partial charge in [-0.15, -0.1) is 0 Å². The average molecular weight is 285 g/mol. The van der Waals surface area contributed by atoms with Crippen molar-refractivity contribution in [2.45, 2.75) is 40.3 Å². The third kappa shape index (κ3) is 2.46. The van der Waals surface area contributed by atoms with E-state index in [9.17, 15) is 0 Å². The minimum absolute atomic E-state index is 0.0296. The minimum Gasteiger partial charge on any atom is -0.360 e. The molecule has 0 spiro atoms. The second kappa shape index (κ2) is 5.16. The van der Waals surface area contributed by atoms with Gasteiger partial charge in [-0.25, -0.2) is 14.6 Å². The predicted molar refractivity (Wildman–Crippen MR) is 80.2 cm³/mol. The van der Waals surface area contributed by atoms with E-state index in [0.717, 1.165) is 35.2 Å². The van der Waals surface area contributed by atoms with E-state index < -0.39 is 0 Å². The smallest absolute Gasteiger partial charge is 0.157 e. The molecule has 3 rings (SSSR count). The van der Waals surface area contributed by atoms with Gasteiger partial charge in [0.05, 0.1) is 11.7 Å². The summed E-state index contributed by atoms with van der Waals surface area (Å²) in [5.74, 6) is 1.81. The van der Waals surface area contributed by atoms with Crippen LogP contribution in [0.3, 0.4) is 0 Å². The zero-order valence-electron chi connectivity index (χ0n) is 12.7. The monoisotopic (exact) mass is 285 g/mol. The lowest BCUT2D eigenvalue weighted by molar-refractivity contribution is 0.591. The first-order valence-corrected chi connectivity index (χ1v) is 7.06. The van der Waals surface area contributed by atoms with Crippen molar-refractivity contribution < 1.29 is 0 Å². The maximum Gasteiger partial charge on any atom is 0.157 e. The molecule has 1 atom stereocenters. The van der Waals surface area contributed by atoms with Crippen LogP contribution in [0.15, 0.2) is 18.5 Å². The molecule has 110 valence electrons. The Bertz CT molecular complexity index is 771. The second-order valence-corrected chi connectivity index (χ2v) is 5.14. The van der Waals surface area contributed by atoms with Crippen molar-refractivity contribution in [3.05, 3.63) is 35.7 Å².